The maximum absolute atomic E-state index is 4.25. The van der Waals surface area contributed by atoms with Crippen LogP contribution in [0.5, 0.6) is 0 Å². The van der Waals surface area contributed by atoms with Crippen LogP contribution in [0, 0.1) is 5.92 Å². The van der Waals surface area contributed by atoms with Crippen molar-refractivity contribution in [2.75, 3.05) is 19.0 Å². The van der Waals surface area contributed by atoms with Gasteiger partial charge in [-0.2, -0.15) is 12.6 Å². The lowest BCUT2D eigenvalue weighted by molar-refractivity contribution is 0.209. The van der Waals surface area contributed by atoms with Gasteiger partial charge in [-0.1, -0.05) is 13.3 Å². The summed E-state index contributed by atoms with van der Waals surface area (Å²) in [5.41, 5.74) is 0. The SMILES string of the molecule is CCC1CCN(CS)CC1. The molecule has 0 atom stereocenters. The first-order chi connectivity index (χ1) is 4.86. The Morgan fingerprint density at radius 2 is 2.00 bits per heavy atom. The Hall–Kier alpha value is 0.310. The fourth-order valence-corrected chi connectivity index (χ4v) is 1.82. The second-order valence-electron chi connectivity index (χ2n) is 3.11. The van der Waals surface area contributed by atoms with E-state index in [0.717, 1.165) is 11.8 Å². The molecule has 10 heavy (non-hydrogen) atoms. The predicted octanol–water partition coefficient (Wildman–Crippen LogP) is 2.00. The van der Waals surface area contributed by atoms with Gasteiger partial charge in [0.25, 0.3) is 0 Å². The van der Waals surface area contributed by atoms with Crippen molar-refractivity contribution in [1.82, 2.24) is 4.90 Å². The summed E-state index contributed by atoms with van der Waals surface area (Å²) in [6.45, 7) is 4.82. The Balaban J connectivity index is 2.17. The molecule has 0 aromatic rings. The standard InChI is InChI=1S/C8H17NS/c1-2-8-3-5-9(7-10)6-4-8/h8,10H,2-7H2,1H3. The summed E-state index contributed by atoms with van der Waals surface area (Å²) >= 11 is 4.25. The molecule has 1 aliphatic rings. The van der Waals surface area contributed by atoms with Crippen LogP contribution in [0.1, 0.15) is 26.2 Å². The highest BCUT2D eigenvalue weighted by Gasteiger charge is 2.15. The van der Waals surface area contributed by atoms with E-state index in [0.29, 0.717) is 0 Å². The van der Waals surface area contributed by atoms with Gasteiger partial charge < -0.3 is 0 Å². The normalized spacial score (nSPS) is 23.4. The van der Waals surface area contributed by atoms with E-state index in [-0.39, 0.29) is 0 Å². The van der Waals surface area contributed by atoms with Crippen molar-refractivity contribution in [1.29, 1.82) is 0 Å². The Morgan fingerprint density at radius 3 is 2.40 bits per heavy atom. The van der Waals surface area contributed by atoms with Crippen LogP contribution in [0.4, 0.5) is 0 Å². The zero-order valence-electron chi connectivity index (χ0n) is 6.71. The lowest BCUT2D eigenvalue weighted by Gasteiger charge is -2.29. The third-order valence-corrected chi connectivity index (χ3v) is 2.88. The molecule has 1 saturated heterocycles. The van der Waals surface area contributed by atoms with Gasteiger partial charge in [-0.15, -0.1) is 0 Å². The molecule has 1 heterocycles. The molecule has 0 aromatic heterocycles. The Labute approximate surface area is 69.2 Å². The number of hydrogen-bond donors (Lipinski definition) is 1. The van der Waals surface area contributed by atoms with E-state index in [1.54, 1.807) is 0 Å². The van der Waals surface area contributed by atoms with E-state index in [2.05, 4.69) is 24.5 Å². The van der Waals surface area contributed by atoms with Crippen molar-refractivity contribution >= 4 is 12.6 Å². The molecule has 0 aliphatic carbocycles. The molecule has 0 bridgehead atoms. The Kier molecular flexibility index (Phi) is 3.57. The molecular weight excluding hydrogens is 142 g/mol. The third-order valence-electron chi connectivity index (χ3n) is 2.48. The van der Waals surface area contributed by atoms with Gasteiger partial charge >= 0.3 is 0 Å². The van der Waals surface area contributed by atoms with E-state index < -0.39 is 0 Å². The summed E-state index contributed by atoms with van der Waals surface area (Å²) in [7, 11) is 0. The Bertz CT molecular complexity index is 75.3. The first-order valence-corrected chi connectivity index (χ1v) is 4.83. The summed E-state index contributed by atoms with van der Waals surface area (Å²) in [5, 5.41) is 0. The molecule has 0 unspecified atom stereocenters. The number of likely N-dealkylation sites (tertiary alicyclic amines) is 1. The molecular formula is C8H17NS. The van der Waals surface area contributed by atoms with Gasteiger partial charge in [-0.3, -0.25) is 4.90 Å². The number of nitrogens with zero attached hydrogens (tertiary/aromatic N) is 1. The monoisotopic (exact) mass is 159 g/mol. The van der Waals surface area contributed by atoms with Crippen LogP contribution in [-0.2, 0) is 0 Å². The average Bonchev–Trinajstić information content (AvgIpc) is 2.05. The number of piperidine rings is 1. The van der Waals surface area contributed by atoms with Crippen molar-refractivity contribution < 1.29 is 0 Å². The number of hydrogen-bond acceptors (Lipinski definition) is 2. The molecule has 0 radical (unpaired) electrons. The van der Waals surface area contributed by atoms with Gasteiger partial charge in [0, 0.05) is 5.88 Å². The van der Waals surface area contributed by atoms with Crippen LogP contribution >= 0.6 is 12.6 Å². The second-order valence-corrected chi connectivity index (χ2v) is 3.39. The minimum absolute atomic E-state index is 0.941. The van der Waals surface area contributed by atoms with Crippen LogP contribution in [0.3, 0.4) is 0 Å². The predicted molar refractivity (Wildman–Crippen MR) is 48.4 cm³/mol. The van der Waals surface area contributed by atoms with Crippen molar-refractivity contribution in [2.24, 2.45) is 5.92 Å². The summed E-state index contributed by atoms with van der Waals surface area (Å²) in [4.78, 5) is 2.41. The molecule has 0 saturated carbocycles. The Morgan fingerprint density at radius 1 is 1.40 bits per heavy atom. The second kappa shape index (κ2) is 4.24. The smallest absolute Gasteiger partial charge is 0.0414 e. The minimum atomic E-state index is 0.941. The fraction of sp³-hybridized carbons (Fsp3) is 1.00. The highest BCUT2D eigenvalue weighted by Crippen LogP contribution is 2.19. The van der Waals surface area contributed by atoms with Gasteiger partial charge in [0.2, 0.25) is 0 Å². The van der Waals surface area contributed by atoms with E-state index >= 15 is 0 Å². The molecule has 1 rings (SSSR count). The molecule has 0 amide bonds. The van der Waals surface area contributed by atoms with Crippen LogP contribution in [0.25, 0.3) is 0 Å². The largest absolute Gasteiger partial charge is 0.294 e. The summed E-state index contributed by atoms with van der Waals surface area (Å²) < 4.78 is 0. The molecule has 1 nitrogen and oxygen atoms in total. The van der Waals surface area contributed by atoms with Gasteiger partial charge in [0.15, 0.2) is 0 Å². The molecule has 2 heteroatoms. The molecule has 0 N–H and O–H groups in total. The highest BCUT2D eigenvalue weighted by molar-refractivity contribution is 7.80. The summed E-state index contributed by atoms with van der Waals surface area (Å²) in [6, 6.07) is 0. The van der Waals surface area contributed by atoms with Crippen LogP contribution in [0.2, 0.25) is 0 Å². The summed E-state index contributed by atoms with van der Waals surface area (Å²) in [5.74, 6) is 1.94. The quantitative estimate of drug-likeness (QED) is 0.603. The molecule has 0 spiro atoms. The van der Waals surface area contributed by atoms with Gasteiger partial charge in [0.1, 0.15) is 0 Å². The molecule has 60 valence electrons. The molecule has 1 aliphatic heterocycles. The lowest BCUT2D eigenvalue weighted by atomic mass is 9.95. The topological polar surface area (TPSA) is 3.24 Å². The highest BCUT2D eigenvalue weighted by atomic mass is 32.1. The summed E-state index contributed by atoms with van der Waals surface area (Å²) in [6.07, 6.45) is 4.13. The average molecular weight is 159 g/mol. The zero-order valence-corrected chi connectivity index (χ0v) is 7.61. The van der Waals surface area contributed by atoms with Crippen molar-refractivity contribution in [3.63, 3.8) is 0 Å². The van der Waals surface area contributed by atoms with Gasteiger partial charge in [-0.25, -0.2) is 0 Å². The maximum atomic E-state index is 4.25. The fourth-order valence-electron chi connectivity index (χ4n) is 1.54. The van der Waals surface area contributed by atoms with Crippen molar-refractivity contribution in [3.8, 4) is 0 Å². The number of rotatable bonds is 2. The molecule has 1 fully saturated rings. The van der Waals surface area contributed by atoms with Gasteiger partial charge in [0.05, 0.1) is 0 Å². The zero-order chi connectivity index (χ0) is 7.40. The van der Waals surface area contributed by atoms with Crippen LogP contribution in [-0.4, -0.2) is 23.9 Å². The van der Waals surface area contributed by atoms with Gasteiger partial charge in [-0.05, 0) is 31.8 Å². The van der Waals surface area contributed by atoms with Crippen LogP contribution < -0.4 is 0 Å². The lowest BCUT2D eigenvalue weighted by Crippen LogP contribution is -2.32. The minimum Gasteiger partial charge on any atom is -0.294 e. The first kappa shape index (κ1) is 8.41. The third kappa shape index (κ3) is 2.17. The van der Waals surface area contributed by atoms with E-state index in [4.69, 9.17) is 0 Å². The van der Waals surface area contributed by atoms with E-state index in [1.165, 1.54) is 32.4 Å². The first-order valence-electron chi connectivity index (χ1n) is 4.20. The molecule has 0 aromatic carbocycles. The van der Waals surface area contributed by atoms with Crippen molar-refractivity contribution in [2.45, 2.75) is 26.2 Å². The van der Waals surface area contributed by atoms with Crippen LogP contribution in [0.15, 0.2) is 0 Å². The number of thiol groups is 1. The van der Waals surface area contributed by atoms with Crippen molar-refractivity contribution in [3.05, 3.63) is 0 Å². The van der Waals surface area contributed by atoms with E-state index in [1.807, 2.05) is 0 Å². The maximum Gasteiger partial charge on any atom is 0.0414 e. The van der Waals surface area contributed by atoms with E-state index in [9.17, 15) is 0 Å².